The second-order valence-corrected chi connectivity index (χ2v) is 4.24. The van der Waals surface area contributed by atoms with E-state index >= 15 is 0 Å². The summed E-state index contributed by atoms with van der Waals surface area (Å²) < 4.78 is 5.61. The molecule has 96 valence electrons. The molecule has 1 N–H and O–H groups in total. The molecule has 0 radical (unpaired) electrons. The standard InChI is InChI=1S/C13H16N2O3/c1-3-9(2)15(8-12(16)17)13-14-10-6-4-5-7-11(10)18-13/h4-7,9H,3,8H2,1-2H3,(H,16,17). The third kappa shape index (κ3) is 2.45. The van der Waals surface area contributed by atoms with Crippen LogP contribution < -0.4 is 4.90 Å². The first-order chi connectivity index (χ1) is 8.61. The van der Waals surface area contributed by atoms with Crippen molar-refractivity contribution in [1.29, 1.82) is 0 Å². The minimum Gasteiger partial charge on any atom is -0.480 e. The van der Waals surface area contributed by atoms with Crippen molar-refractivity contribution in [2.24, 2.45) is 0 Å². The monoisotopic (exact) mass is 248 g/mol. The first kappa shape index (κ1) is 12.4. The largest absolute Gasteiger partial charge is 0.480 e. The zero-order valence-corrected chi connectivity index (χ0v) is 10.5. The molecule has 0 saturated carbocycles. The van der Waals surface area contributed by atoms with Crippen molar-refractivity contribution < 1.29 is 14.3 Å². The van der Waals surface area contributed by atoms with Crippen molar-refractivity contribution in [3.05, 3.63) is 24.3 Å². The van der Waals surface area contributed by atoms with E-state index in [1.807, 2.05) is 38.1 Å². The topological polar surface area (TPSA) is 66.6 Å². The van der Waals surface area contributed by atoms with Crippen molar-refractivity contribution >= 4 is 23.1 Å². The van der Waals surface area contributed by atoms with Crippen molar-refractivity contribution in [1.82, 2.24) is 4.98 Å². The van der Waals surface area contributed by atoms with Gasteiger partial charge in [0.25, 0.3) is 6.01 Å². The molecule has 5 nitrogen and oxygen atoms in total. The van der Waals surface area contributed by atoms with Crippen LogP contribution in [-0.4, -0.2) is 28.6 Å². The number of hydrogen-bond acceptors (Lipinski definition) is 4. The van der Waals surface area contributed by atoms with Crippen molar-refractivity contribution in [2.75, 3.05) is 11.4 Å². The average molecular weight is 248 g/mol. The van der Waals surface area contributed by atoms with Crippen LogP contribution in [-0.2, 0) is 4.79 Å². The molecular formula is C13H16N2O3. The Balaban J connectivity index is 2.37. The van der Waals surface area contributed by atoms with Crippen LogP contribution in [0.25, 0.3) is 11.1 Å². The van der Waals surface area contributed by atoms with E-state index in [9.17, 15) is 4.79 Å². The molecule has 2 rings (SSSR count). The van der Waals surface area contributed by atoms with Gasteiger partial charge in [0, 0.05) is 6.04 Å². The quantitative estimate of drug-likeness (QED) is 0.880. The summed E-state index contributed by atoms with van der Waals surface area (Å²) >= 11 is 0. The first-order valence-corrected chi connectivity index (χ1v) is 5.95. The highest BCUT2D eigenvalue weighted by molar-refractivity contribution is 5.76. The number of rotatable bonds is 5. The minimum absolute atomic E-state index is 0.0640. The average Bonchev–Trinajstić information content (AvgIpc) is 2.78. The predicted octanol–water partition coefficient (Wildman–Crippen LogP) is 2.52. The Labute approximate surface area is 105 Å². The SMILES string of the molecule is CCC(C)N(CC(=O)O)c1nc2ccccc2o1. The van der Waals surface area contributed by atoms with E-state index in [0.29, 0.717) is 11.6 Å². The molecule has 0 aliphatic carbocycles. The van der Waals surface area contributed by atoms with Crippen LogP contribution in [0.2, 0.25) is 0 Å². The predicted molar refractivity (Wildman–Crippen MR) is 68.7 cm³/mol. The summed E-state index contributed by atoms with van der Waals surface area (Å²) in [6.07, 6.45) is 0.825. The Morgan fingerprint density at radius 1 is 1.50 bits per heavy atom. The molecule has 0 bridgehead atoms. The molecule has 0 amide bonds. The highest BCUT2D eigenvalue weighted by atomic mass is 16.4. The summed E-state index contributed by atoms with van der Waals surface area (Å²) in [7, 11) is 0. The van der Waals surface area contributed by atoms with Gasteiger partial charge in [-0.2, -0.15) is 4.98 Å². The normalized spacial score (nSPS) is 12.6. The molecular weight excluding hydrogens is 232 g/mol. The number of carboxylic acid groups (broad SMARTS) is 1. The van der Waals surface area contributed by atoms with Gasteiger partial charge in [-0.25, -0.2) is 0 Å². The van der Waals surface area contributed by atoms with Crippen LogP contribution in [0, 0.1) is 0 Å². The third-order valence-corrected chi connectivity index (χ3v) is 2.96. The zero-order valence-electron chi connectivity index (χ0n) is 10.5. The molecule has 0 fully saturated rings. The molecule has 1 aromatic carbocycles. The van der Waals surface area contributed by atoms with E-state index < -0.39 is 5.97 Å². The Morgan fingerprint density at radius 2 is 2.22 bits per heavy atom. The number of nitrogens with zero attached hydrogens (tertiary/aromatic N) is 2. The van der Waals surface area contributed by atoms with Gasteiger partial charge in [-0.1, -0.05) is 19.1 Å². The minimum atomic E-state index is -0.891. The Hall–Kier alpha value is -2.04. The van der Waals surface area contributed by atoms with Gasteiger partial charge in [0.15, 0.2) is 5.58 Å². The lowest BCUT2D eigenvalue weighted by Gasteiger charge is -2.24. The second kappa shape index (κ2) is 5.08. The summed E-state index contributed by atoms with van der Waals surface area (Å²) in [6, 6.07) is 7.84. The second-order valence-electron chi connectivity index (χ2n) is 4.24. The van der Waals surface area contributed by atoms with E-state index in [2.05, 4.69) is 4.98 Å². The van der Waals surface area contributed by atoms with Gasteiger partial charge >= 0.3 is 5.97 Å². The van der Waals surface area contributed by atoms with Crippen LogP contribution in [0.1, 0.15) is 20.3 Å². The van der Waals surface area contributed by atoms with Crippen LogP contribution in [0.15, 0.2) is 28.7 Å². The van der Waals surface area contributed by atoms with Crippen molar-refractivity contribution in [3.8, 4) is 0 Å². The number of oxazole rings is 1. The van der Waals surface area contributed by atoms with Gasteiger partial charge in [-0.05, 0) is 25.5 Å². The highest BCUT2D eigenvalue weighted by Crippen LogP contribution is 2.23. The number of anilines is 1. The summed E-state index contributed by atoms with van der Waals surface area (Å²) in [4.78, 5) is 16.9. The van der Waals surface area contributed by atoms with Crippen LogP contribution >= 0.6 is 0 Å². The van der Waals surface area contributed by atoms with E-state index in [1.54, 1.807) is 4.90 Å². The maximum atomic E-state index is 10.9. The molecule has 1 heterocycles. The number of aromatic nitrogens is 1. The lowest BCUT2D eigenvalue weighted by molar-refractivity contribution is -0.135. The zero-order chi connectivity index (χ0) is 13.1. The van der Waals surface area contributed by atoms with Crippen molar-refractivity contribution in [3.63, 3.8) is 0 Å². The van der Waals surface area contributed by atoms with E-state index in [0.717, 1.165) is 11.9 Å². The number of fused-ring (bicyclic) bond motifs is 1. The van der Waals surface area contributed by atoms with Gasteiger partial charge in [-0.3, -0.25) is 4.79 Å². The fourth-order valence-corrected chi connectivity index (χ4v) is 1.76. The summed E-state index contributed by atoms with van der Waals surface area (Å²) in [5.74, 6) is -0.891. The number of carboxylic acids is 1. The lowest BCUT2D eigenvalue weighted by atomic mass is 10.2. The maximum absolute atomic E-state index is 10.9. The maximum Gasteiger partial charge on any atom is 0.323 e. The number of hydrogen-bond donors (Lipinski definition) is 1. The van der Waals surface area contributed by atoms with Gasteiger partial charge in [0.2, 0.25) is 0 Å². The van der Waals surface area contributed by atoms with Crippen LogP contribution in [0.3, 0.4) is 0 Å². The first-order valence-electron chi connectivity index (χ1n) is 5.95. The highest BCUT2D eigenvalue weighted by Gasteiger charge is 2.21. The fraction of sp³-hybridized carbons (Fsp3) is 0.385. The Morgan fingerprint density at radius 3 is 2.83 bits per heavy atom. The summed E-state index contributed by atoms with van der Waals surface area (Å²) in [5, 5.41) is 8.95. The van der Waals surface area contributed by atoms with Crippen molar-refractivity contribution in [2.45, 2.75) is 26.3 Å². The molecule has 1 unspecified atom stereocenters. The molecule has 0 spiro atoms. The smallest absolute Gasteiger partial charge is 0.323 e. The van der Waals surface area contributed by atoms with E-state index in [-0.39, 0.29) is 12.6 Å². The lowest BCUT2D eigenvalue weighted by Crippen LogP contribution is -2.37. The molecule has 0 saturated heterocycles. The third-order valence-electron chi connectivity index (χ3n) is 2.96. The van der Waals surface area contributed by atoms with Gasteiger partial charge in [0.05, 0.1) is 0 Å². The molecule has 1 atom stereocenters. The molecule has 0 aliphatic rings. The summed E-state index contributed by atoms with van der Waals surface area (Å²) in [5.41, 5.74) is 1.41. The molecule has 1 aromatic heterocycles. The molecule has 18 heavy (non-hydrogen) atoms. The van der Waals surface area contributed by atoms with Crippen LogP contribution in [0.5, 0.6) is 0 Å². The fourth-order valence-electron chi connectivity index (χ4n) is 1.76. The van der Waals surface area contributed by atoms with Gasteiger partial charge in [0.1, 0.15) is 12.1 Å². The number of benzene rings is 1. The Bertz CT molecular complexity index is 517. The van der Waals surface area contributed by atoms with Gasteiger partial charge in [-0.15, -0.1) is 0 Å². The van der Waals surface area contributed by atoms with Crippen LogP contribution in [0.4, 0.5) is 6.01 Å². The Kier molecular flexibility index (Phi) is 3.50. The molecule has 0 aliphatic heterocycles. The molecule has 5 heteroatoms. The van der Waals surface area contributed by atoms with E-state index in [4.69, 9.17) is 9.52 Å². The number of para-hydroxylation sites is 2. The van der Waals surface area contributed by atoms with Gasteiger partial charge < -0.3 is 14.4 Å². The number of aliphatic carboxylic acids is 1. The number of carbonyl (C=O) groups is 1. The van der Waals surface area contributed by atoms with E-state index in [1.165, 1.54) is 0 Å². The summed E-state index contributed by atoms with van der Waals surface area (Å²) in [6.45, 7) is 3.85. The molecule has 2 aromatic rings.